The number of rotatable bonds is 8. The Hall–Kier alpha value is -3.16. The molecule has 0 atom stereocenters. The van der Waals surface area contributed by atoms with Crippen LogP contribution in [-0.4, -0.2) is 31.7 Å². The van der Waals surface area contributed by atoms with Gasteiger partial charge in [0, 0.05) is 25.6 Å². The lowest BCUT2D eigenvalue weighted by Gasteiger charge is -2.30. The van der Waals surface area contributed by atoms with Crippen molar-refractivity contribution >= 4 is 15.9 Å². The summed E-state index contributed by atoms with van der Waals surface area (Å²) < 4.78 is 33.0. The molecule has 0 bridgehead atoms. The van der Waals surface area contributed by atoms with Crippen LogP contribution < -0.4 is 10.1 Å². The van der Waals surface area contributed by atoms with Gasteiger partial charge in [0.05, 0.1) is 4.90 Å². The van der Waals surface area contributed by atoms with Gasteiger partial charge in [0.15, 0.2) is 0 Å². The summed E-state index contributed by atoms with van der Waals surface area (Å²) in [7, 11) is -3.52. The molecule has 0 unspecified atom stereocenters. The number of carbonyl (C=O) groups excluding carboxylic acids is 1. The van der Waals surface area contributed by atoms with Crippen LogP contribution in [-0.2, 0) is 28.0 Å². The topological polar surface area (TPSA) is 75.7 Å². The lowest BCUT2D eigenvalue weighted by molar-refractivity contribution is -0.126. The fraction of sp³-hybridized carbons (Fsp3) is 0.296. The number of aryl methyl sites for hydroxylation is 1. The van der Waals surface area contributed by atoms with Gasteiger partial charge in [-0.3, -0.25) is 4.79 Å². The molecule has 0 aliphatic carbocycles. The van der Waals surface area contributed by atoms with Gasteiger partial charge in [-0.25, -0.2) is 8.42 Å². The van der Waals surface area contributed by atoms with Crippen LogP contribution in [0.2, 0.25) is 0 Å². The summed E-state index contributed by atoms with van der Waals surface area (Å²) in [5.41, 5.74) is 3.05. The van der Waals surface area contributed by atoms with Gasteiger partial charge >= 0.3 is 0 Å². The second-order valence-corrected chi connectivity index (χ2v) is 10.6. The minimum Gasteiger partial charge on any atom is -0.489 e. The minimum atomic E-state index is -3.52. The number of hydrogen-bond acceptors (Lipinski definition) is 4. The molecule has 1 aliphatic heterocycles. The predicted molar refractivity (Wildman–Crippen MR) is 132 cm³/mol. The monoisotopic (exact) mass is 478 g/mol. The molecule has 0 radical (unpaired) electrons. The van der Waals surface area contributed by atoms with Crippen molar-refractivity contribution in [3.05, 3.63) is 95.6 Å². The molecule has 3 aromatic rings. The van der Waals surface area contributed by atoms with Crippen LogP contribution in [0.4, 0.5) is 0 Å². The average Bonchev–Trinajstić information content (AvgIpc) is 2.87. The number of nitrogens with one attached hydrogen (secondary N) is 1. The Labute approximate surface area is 201 Å². The van der Waals surface area contributed by atoms with Gasteiger partial charge < -0.3 is 10.1 Å². The summed E-state index contributed by atoms with van der Waals surface area (Å²) in [5, 5.41) is 3.01. The maximum absolute atomic E-state index is 12.9. The number of nitrogens with zero attached hydrogens (tertiary/aromatic N) is 1. The normalized spacial score (nSPS) is 15.1. The zero-order valence-corrected chi connectivity index (χ0v) is 20.1. The highest BCUT2D eigenvalue weighted by Crippen LogP contribution is 2.24. The van der Waals surface area contributed by atoms with Crippen LogP contribution >= 0.6 is 0 Å². The molecule has 6 nitrogen and oxygen atoms in total. The number of ether oxygens (including phenoxy) is 1. The number of benzene rings is 3. The van der Waals surface area contributed by atoms with Gasteiger partial charge in [-0.15, -0.1) is 0 Å². The summed E-state index contributed by atoms with van der Waals surface area (Å²) in [5.74, 6) is 0.601. The van der Waals surface area contributed by atoms with Crippen LogP contribution in [0.15, 0.2) is 83.8 Å². The second kappa shape index (κ2) is 10.8. The van der Waals surface area contributed by atoms with E-state index in [2.05, 4.69) is 5.32 Å². The maximum atomic E-state index is 12.9. The van der Waals surface area contributed by atoms with E-state index in [1.165, 1.54) is 4.31 Å². The van der Waals surface area contributed by atoms with E-state index in [-0.39, 0.29) is 11.8 Å². The predicted octanol–water partition coefficient (Wildman–Crippen LogP) is 4.29. The zero-order chi connectivity index (χ0) is 24.0. The molecule has 0 spiro atoms. The second-order valence-electron chi connectivity index (χ2n) is 8.63. The van der Waals surface area contributed by atoms with E-state index in [4.69, 9.17) is 4.74 Å². The van der Waals surface area contributed by atoms with E-state index < -0.39 is 10.0 Å². The summed E-state index contributed by atoms with van der Waals surface area (Å²) in [4.78, 5) is 13.0. The molecule has 0 aromatic heterocycles. The van der Waals surface area contributed by atoms with Crippen molar-refractivity contribution in [1.82, 2.24) is 9.62 Å². The molecule has 3 aromatic carbocycles. The molecule has 1 N–H and O–H groups in total. The Morgan fingerprint density at radius 1 is 0.941 bits per heavy atom. The molecule has 7 heteroatoms. The van der Waals surface area contributed by atoms with E-state index >= 15 is 0 Å². The first-order valence-electron chi connectivity index (χ1n) is 11.5. The third kappa shape index (κ3) is 6.04. The molecule has 0 saturated carbocycles. The lowest BCUT2D eigenvalue weighted by atomic mass is 9.97. The molecule has 4 rings (SSSR count). The van der Waals surface area contributed by atoms with Crippen molar-refractivity contribution in [3.8, 4) is 5.75 Å². The average molecular weight is 479 g/mol. The Balaban J connectivity index is 1.26. The van der Waals surface area contributed by atoms with Crippen molar-refractivity contribution < 1.29 is 17.9 Å². The quantitative estimate of drug-likeness (QED) is 0.524. The largest absolute Gasteiger partial charge is 0.489 e. The van der Waals surface area contributed by atoms with Crippen molar-refractivity contribution in [1.29, 1.82) is 0 Å². The molecular formula is C27H30N2O4S. The standard InChI is InChI=1S/C27H30N2O4S/c1-21-10-12-26(13-11-21)34(31,32)29-16-14-24(15-17-29)27(30)28-19-22-6-5-7-23(18-22)20-33-25-8-3-2-4-9-25/h2-13,18,24H,14-17,19-20H2,1H3,(H,28,30). The molecule has 1 heterocycles. The van der Waals surface area contributed by atoms with Gasteiger partial charge in [-0.1, -0.05) is 60.2 Å². The first-order valence-corrected chi connectivity index (χ1v) is 13.0. The molecular weight excluding hydrogens is 448 g/mol. The van der Waals surface area contributed by atoms with Crippen molar-refractivity contribution in [2.24, 2.45) is 5.92 Å². The van der Waals surface area contributed by atoms with Crippen molar-refractivity contribution in [2.45, 2.75) is 37.8 Å². The summed E-state index contributed by atoms with van der Waals surface area (Å²) in [6.45, 7) is 3.51. The SMILES string of the molecule is Cc1ccc(S(=O)(=O)N2CCC(C(=O)NCc3cccc(COc4ccccc4)c3)CC2)cc1. The minimum absolute atomic E-state index is 0.0293. The van der Waals surface area contributed by atoms with Gasteiger partial charge in [-0.2, -0.15) is 4.31 Å². The Morgan fingerprint density at radius 3 is 2.32 bits per heavy atom. The first-order chi connectivity index (χ1) is 16.4. The third-order valence-electron chi connectivity index (χ3n) is 6.09. The van der Waals surface area contributed by atoms with E-state index in [0.717, 1.165) is 22.4 Å². The van der Waals surface area contributed by atoms with Crippen LogP contribution in [0, 0.1) is 12.8 Å². The van der Waals surface area contributed by atoms with Gasteiger partial charge in [0.25, 0.3) is 0 Å². The van der Waals surface area contributed by atoms with Gasteiger partial charge in [0.2, 0.25) is 15.9 Å². The van der Waals surface area contributed by atoms with Crippen LogP contribution in [0.25, 0.3) is 0 Å². The number of para-hydroxylation sites is 1. The van der Waals surface area contributed by atoms with Crippen molar-refractivity contribution in [2.75, 3.05) is 13.1 Å². The number of piperidine rings is 1. The molecule has 1 saturated heterocycles. The summed E-state index contributed by atoms with van der Waals surface area (Å²) >= 11 is 0. The van der Waals surface area contributed by atoms with E-state index in [1.54, 1.807) is 24.3 Å². The highest BCUT2D eigenvalue weighted by molar-refractivity contribution is 7.89. The first kappa shape index (κ1) is 24.0. The van der Waals surface area contributed by atoms with E-state index in [0.29, 0.717) is 44.0 Å². The fourth-order valence-corrected chi connectivity index (χ4v) is 5.53. The Kier molecular flexibility index (Phi) is 7.65. The van der Waals surface area contributed by atoms with E-state index in [1.807, 2.05) is 61.5 Å². The highest BCUT2D eigenvalue weighted by Gasteiger charge is 2.31. The summed E-state index contributed by atoms with van der Waals surface area (Å²) in [6, 6.07) is 24.5. The highest BCUT2D eigenvalue weighted by atomic mass is 32.2. The number of hydrogen-bond donors (Lipinski definition) is 1. The zero-order valence-electron chi connectivity index (χ0n) is 19.3. The molecule has 34 heavy (non-hydrogen) atoms. The summed E-state index contributed by atoms with van der Waals surface area (Å²) in [6.07, 6.45) is 1.03. The molecule has 178 valence electrons. The van der Waals surface area contributed by atoms with Crippen molar-refractivity contribution in [3.63, 3.8) is 0 Å². The Morgan fingerprint density at radius 2 is 1.62 bits per heavy atom. The number of amides is 1. The van der Waals surface area contributed by atoms with Crippen LogP contribution in [0.5, 0.6) is 5.75 Å². The number of carbonyl (C=O) groups is 1. The van der Waals surface area contributed by atoms with E-state index in [9.17, 15) is 13.2 Å². The third-order valence-corrected chi connectivity index (χ3v) is 8.00. The molecule has 1 aliphatic rings. The number of sulfonamides is 1. The smallest absolute Gasteiger partial charge is 0.243 e. The van der Waals surface area contributed by atoms with Gasteiger partial charge in [-0.05, 0) is 55.2 Å². The Bertz CT molecular complexity index is 1200. The van der Waals surface area contributed by atoms with Gasteiger partial charge in [0.1, 0.15) is 12.4 Å². The maximum Gasteiger partial charge on any atom is 0.243 e. The molecule has 1 fully saturated rings. The molecule has 1 amide bonds. The fourth-order valence-electron chi connectivity index (χ4n) is 4.06. The van der Waals surface area contributed by atoms with Crippen LogP contribution in [0.3, 0.4) is 0 Å². The van der Waals surface area contributed by atoms with Crippen LogP contribution in [0.1, 0.15) is 29.5 Å². The lowest BCUT2D eigenvalue weighted by Crippen LogP contribution is -2.42.